The standard InChI is InChI=1S/C21H30N4O3.HI/c1-4-11-28-19-12-16(8-9-18(19)27-3)14-24-21(23-5-2)25-10-6-7-17(15-25)13-20(22)26;/h1,8-9,12,17H,5-7,10-11,13-15H2,2-3H3,(H2,22,26)(H,23,24);1H. The molecule has 29 heavy (non-hydrogen) atoms. The van der Waals surface area contributed by atoms with E-state index in [1.165, 1.54) is 0 Å². The molecule has 0 radical (unpaired) electrons. The number of halogens is 1. The number of ether oxygens (including phenoxy) is 2. The number of hydrogen-bond acceptors (Lipinski definition) is 4. The van der Waals surface area contributed by atoms with Crippen LogP contribution in [0.4, 0.5) is 0 Å². The van der Waals surface area contributed by atoms with Crippen LogP contribution in [0.3, 0.4) is 0 Å². The molecule has 1 aromatic carbocycles. The van der Waals surface area contributed by atoms with Gasteiger partial charge in [-0.3, -0.25) is 4.79 Å². The van der Waals surface area contributed by atoms with Gasteiger partial charge in [0.1, 0.15) is 6.61 Å². The average Bonchev–Trinajstić information content (AvgIpc) is 2.69. The van der Waals surface area contributed by atoms with Crippen molar-refractivity contribution in [3.63, 3.8) is 0 Å². The number of nitrogens with zero attached hydrogens (tertiary/aromatic N) is 2. The first-order chi connectivity index (χ1) is 13.6. The van der Waals surface area contributed by atoms with Gasteiger partial charge in [0.05, 0.1) is 13.7 Å². The van der Waals surface area contributed by atoms with E-state index in [4.69, 9.17) is 26.6 Å². The van der Waals surface area contributed by atoms with Crippen molar-refractivity contribution in [3.8, 4) is 23.8 Å². The summed E-state index contributed by atoms with van der Waals surface area (Å²) in [4.78, 5) is 18.2. The van der Waals surface area contributed by atoms with Gasteiger partial charge in [-0.15, -0.1) is 30.4 Å². The lowest BCUT2D eigenvalue weighted by Gasteiger charge is -2.34. The Bertz CT molecular complexity index is 733. The molecule has 1 amide bonds. The van der Waals surface area contributed by atoms with Gasteiger partial charge in [0.25, 0.3) is 0 Å². The molecule has 1 atom stereocenters. The highest BCUT2D eigenvalue weighted by molar-refractivity contribution is 14.0. The molecule has 1 aliphatic heterocycles. The lowest BCUT2D eigenvalue weighted by atomic mass is 9.95. The topological polar surface area (TPSA) is 89.2 Å². The first kappa shape index (κ1) is 24.9. The number of rotatable bonds is 8. The van der Waals surface area contributed by atoms with Crippen LogP contribution in [0.1, 0.15) is 31.7 Å². The summed E-state index contributed by atoms with van der Waals surface area (Å²) < 4.78 is 10.9. The van der Waals surface area contributed by atoms with Gasteiger partial charge in [0, 0.05) is 26.1 Å². The highest BCUT2D eigenvalue weighted by Gasteiger charge is 2.23. The van der Waals surface area contributed by atoms with E-state index in [2.05, 4.69) is 16.1 Å². The molecular weight excluding hydrogens is 483 g/mol. The van der Waals surface area contributed by atoms with E-state index >= 15 is 0 Å². The van der Waals surface area contributed by atoms with Crippen molar-refractivity contribution in [2.75, 3.05) is 33.4 Å². The first-order valence-corrected chi connectivity index (χ1v) is 9.62. The molecule has 1 fully saturated rings. The minimum absolute atomic E-state index is 0. The zero-order valence-electron chi connectivity index (χ0n) is 17.1. The van der Waals surface area contributed by atoms with E-state index in [0.29, 0.717) is 24.5 Å². The molecular formula is C21H31IN4O3. The van der Waals surface area contributed by atoms with Crippen molar-refractivity contribution in [2.24, 2.45) is 16.6 Å². The van der Waals surface area contributed by atoms with Gasteiger partial charge in [0.15, 0.2) is 17.5 Å². The number of guanidine groups is 1. The Balaban J connectivity index is 0.00000420. The number of carbonyl (C=O) groups is 1. The van der Waals surface area contributed by atoms with Crippen molar-refractivity contribution in [3.05, 3.63) is 23.8 Å². The molecule has 8 heteroatoms. The van der Waals surface area contributed by atoms with Crippen LogP contribution in [-0.4, -0.2) is 50.1 Å². The third-order valence-corrected chi connectivity index (χ3v) is 4.59. The van der Waals surface area contributed by atoms with Crippen molar-refractivity contribution in [1.29, 1.82) is 0 Å². The number of primary amides is 1. The second-order valence-electron chi connectivity index (χ2n) is 6.77. The van der Waals surface area contributed by atoms with Gasteiger partial charge in [-0.05, 0) is 43.4 Å². The number of piperidine rings is 1. The van der Waals surface area contributed by atoms with Crippen molar-refractivity contribution in [2.45, 2.75) is 32.7 Å². The lowest BCUT2D eigenvalue weighted by molar-refractivity contribution is -0.119. The third-order valence-electron chi connectivity index (χ3n) is 4.59. The minimum Gasteiger partial charge on any atom is -0.493 e. The number of carbonyl (C=O) groups excluding carboxylic acids is 1. The summed E-state index contributed by atoms with van der Waals surface area (Å²) >= 11 is 0. The molecule has 1 saturated heterocycles. The Morgan fingerprint density at radius 2 is 2.24 bits per heavy atom. The monoisotopic (exact) mass is 514 g/mol. The van der Waals surface area contributed by atoms with Crippen LogP contribution in [0.2, 0.25) is 0 Å². The molecule has 0 spiro atoms. The van der Waals surface area contributed by atoms with E-state index in [1.807, 2.05) is 25.1 Å². The van der Waals surface area contributed by atoms with Crippen LogP contribution in [0.5, 0.6) is 11.5 Å². The molecule has 3 N–H and O–H groups in total. The van der Waals surface area contributed by atoms with Gasteiger partial charge < -0.3 is 25.4 Å². The maximum Gasteiger partial charge on any atom is 0.217 e. The maximum absolute atomic E-state index is 11.3. The van der Waals surface area contributed by atoms with Gasteiger partial charge in [-0.25, -0.2) is 4.99 Å². The number of nitrogens with two attached hydrogens (primary N) is 1. The van der Waals surface area contributed by atoms with Crippen LogP contribution in [0, 0.1) is 18.3 Å². The number of terminal acetylenes is 1. The van der Waals surface area contributed by atoms with E-state index in [-0.39, 0.29) is 42.4 Å². The summed E-state index contributed by atoms with van der Waals surface area (Å²) in [5.41, 5.74) is 6.37. The van der Waals surface area contributed by atoms with Gasteiger partial charge in [-0.1, -0.05) is 12.0 Å². The summed E-state index contributed by atoms with van der Waals surface area (Å²) in [7, 11) is 1.60. The van der Waals surface area contributed by atoms with E-state index in [9.17, 15) is 4.79 Å². The summed E-state index contributed by atoms with van der Waals surface area (Å²) in [5, 5.41) is 3.35. The SMILES string of the molecule is C#CCOc1cc(CN=C(NCC)N2CCCC(CC(N)=O)C2)ccc1OC.I. The maximum atomic E-state index is 11.3. The number of benzene rings is 1. The molecule has 0 saturated carbocycles. The zero-order chi connectivity index (χ0) is 20.4. The van der Waals surface area contributed by atoms with Crippen LogP contribution in [-0.2, 0) is 11.3 Å². The molecule has 160 valence electrons. The average molecular weight is 514 g/mol. The lowest BCUT2D eigenvalue weighted by Crippen LogP contribution is -2.47. The third kappa shape index (κ3) is 8.01. The van der Waals surface area contributed by atoms with Crippen molar-refractivity contribution >= 4 is 35.8 Å². The van der Waals surface area contributed by atoms with E-state index in [0.717, 1.165) is 44.0 Å². The first-order valence-electron chi connectivity index (χ1n) is 9.62. The smallest absolute Gasteiger partial charge is 0.217 e. The minimum atomic E-state index is -0.244. The molecule has 2 rings (SSSR count). The molecule has 1 unspecified atom stereocenters. The molecule has 0 aliphatic carbocycles. The number of nitrogens with one attached hydrogen (secondary N) is 1. The molecule has 0 bridgehead atoms. The Kier molecular flexibility index (Phi) is 11.3. The fourth-order valence-electron chi connectivity index (χ4n) is 3.35. The van der Waals surface area contributed by atoms with Crippen molar-refractivity contribution in [1.82, 2.24) is 10.2 Å². The van der Waals surface area contributed by atoms with E-state index in [1.54, 1.807) is 7.11 Å². The van der Waals surface area contributed by atoms with Crippen LogP contribution in [0.25, 0.3) is 0 Å². The Morgan fingerprint density at radius 1 is 1.45 bits per heavy atom. The number of amides is 1. The predicted molar refractivity (Wildman–Crippen MR) is 126 cm³/mol. The Morgan fingerprint density at radius 3 is 2.90 bits per heavy atom. The van der Waals surface area contributed by atoms with Crippen LogP contribution >= 0.6 is 24.0 Å². The Labute approximate surface area is 190 Å². The predicted octanol–water partition coefficient (Wildman–Crippen LogP) is 2.38. The van der Waals surface area contributed by atoms with Crippen LogP contribution in [0.15, 0.2) is 23.2 Å². The molecule has 7 nitrogen and oxygen atoms in total. The van der Waals surface area contributed by atoms with Crippen molar-refractivity contribution < 1.29 is 14.3 Å². The highest BCUT2D eigenvalue weighted by atomic mass is 127. The fourth-order valence-corrected chi connectivity index (χ4v) is 3.35. The normalized spacial score (nSPS) is 16.4. The number of hydrogen-bond donors (Lipinski definition) is 2. The Hall–Kier alpha value is -2.15. The van der Waals surface area contributed by atoms with Crippen LogP contribution < -0.4 is 20.5 Å². The largest absolute Gasteiger partial charge is 0.493 e. The summed E-state index contributed by atoms with van der Waals surface area (Å²) in [6.45, 7) is 5.19. The van der Waals surface area contributed by atoms with Gasteiger partial charge in [0.2, 0.25) is 5.91 Å². The number of aliphatic imine (C=N–C) groups is 1. The molecule has 1 aliphatic rings. The van der Waals surface area contributed by atoms with Gasteiger partial charge >= 0.3 is 0 Å². The summed E-state index contributed by atoms with van der Waals surface area (Å²) in [6, 6.07) is 5.71. The van der Waals surface area contributed by atoms with E-state index < -0.39 is 0 Å². The quantitative estimate of drug-likeness (QED) is 0.241. The zero-order valence-corrected chi connectivity index (χ0v) is 19.5. The summed E-state index contributed by atoms with van der Waals surface area (Å²) in [6.07, 6.45) is 7.75. The second kappa shape index (κ2) is 13.1. The molecule has 1 aromatic rings. The fraction of sp³-hybridized carbons (Fsp3) is 0.524. The summed E-state index contributed by atoms with van der Waals surface area (Å²) in [5.74, 6) is 4.59. The number of likely N-dealkylation sites (tertiary alicyclic amines) is 1. The van der Waals surface area contributed by atoms with Gasteiger partial charge in [-0.2, -0.15) is 0 Å². The molecule has 0 aromatic heterocycles. The second-order valence-corrected chi connectivity index (χ2v) is 6.77. The highest BCUT2D eigenvalue weighted by Crippen LogP contribution is 2.28. The number of methoxy groups -OCH3 is 1. The molecule has 1 heterocycles.